The minimum absolute atomic E-state index is 0.742. The van der Waals surface area contributed by atoms with Gasteiger partial charge in [0.05, 0.1) is 0 Å². The second kappa shape index (κ2) is 5.25. The zero-order valence-corrected chi connectivity index (χ0v) is 11.9. The molecule has 2 aliphatic heterocycles. The first kappa shape index (κ1) is 11.9. The van der Waals surface area contributed by atoms with Crippen LogP contribution in [0.5, 0.6) is 0 Å². The molecule has 0 bridgehead atoms. The van der Waals surface area contributed by atoms with Crippen LogP contribution < -0.4 is 0 Å². The van der Waals surface area contributed by atoms with E-state index < -0.39 is 0 Å². The molecule has 0 N–H and O–H groups in total. The van der Waals surface area contributed by atoms with Gasteiger partial charge in [-0.05, 0) is 30.9 Å². The minimum atomic E-state index is 0.742. The molecule has 1 saturated heterocycles. The summed E-state index contributed by atoms with van der Waals surface area (Å²) in [5, 5.41) is 0. The Balaban J connectivity index is 1.66. The van der Waals surface area contributed by atoms with Crippen molar-refractivity contribution in [3.8, 4) is 0 Å². The van der Waals surface area contributed by atoms with Crippen molar-refractivity contribution in [3.63, 3.8) is 0 Å². The third-order valence-corrected chi connectivity index (χ3v) is 6.23. The van der Waals surface area contributed by atoms with Crippen molar-refractivity contribution in [1.29, 1.82) is 0 Å². The summed E-state index contributed by atoms with van der Waals surface area (Å²) < 4.78 is 0. The highest BCUT2D eigenvalue weighted by Gasteiger charge is 2.27. The lowest BCUT2D eigenvalue weighted by atomic mass is 10.0. The summed E-state index contributed by atoms with van der Waals surface area (Å²) in [6, 6.07) is 9.75. The smallest absolute Gasteiger partial charge is 0.0191 e. The van der Waals surface area contributed by atoms with Crippen LogP contribution in [0.25, 0.3) is 0 Å². The number of rotatable bonds is 3. The average Bonchev–Trinajstić information content (AvgIpc) is 2.98. The van der Waals surface area contributed by atoms with E-state index in [1.165, 1.54) is 35.1 Å². The zero-order chi connectivity index (χ0) is 11.7. The summed E-state index contributed by atoms with van der Waals surface area (Å²) in [6.45, 7) is 1.23. The molecule has 1 nitrogen and oxygen atoms in total. The van der Waals surface area contributed by atoms with E-state index in [-0.39, 0.29) is 0 Å². The van der Waals surface area contributed by atoms with Gasteiger partial charge in [0.2, 0.25) is 0 Å². The highest BCUT2D eigenvalue weighted by molar-refractivity contribution is 7.99. The van der Waals surface area contributed by atoms with E-state index in [2.05, 4.69) is 48.0 Å². The monoisotopic (exact) mass is 265 g/mol. The van der Waals surface area contributed by atoms with Gasteiger partial charge < -0.3 is 4.90 Å². The topological polar surface area (TPSA) is 3.24 Å². The zero-order valence-electron chi connectivity index (χ0n) is 10.3. The number of thioether (sulfide) groups is 2. The number of fused-ring (bicyclic) bond motifs is 1. The Morgan fingerprint density at radius 2 is 2.18 bits per heavy atom. The van der Waals surface area contributed by atoms with Crippen LogP contribution in [0.4, 0.5) is 0 Å². The molecule has 1 aromatic rings. The molecule has 3 rings (SSSR count). The fourth-order valence-corrected chi connectivity index (χ4v) is 5.29. The van der Waals surface area contributed by atoms with Gasteiger partial charge in [0, 0.05) is 34.9 Å². The molecule has 2 aliphatic rings. The van der Waals surface area contributed by atoms with Crippen molar-refractivity contribution in [2.75, 3.05) is 30.9 Å². The van der Waals surface area contributed by atoms with Crippen LogP contribution in [0.1, 0.15) is 17.9 Å². The average molecular weight is 265 g/mol. The maximum atomic E-state index is 2.59. The first-order valence-electron chi connectivity index (χ1n) is 6.34. The predicted octanol–water partition coefficient (Wildman–Crippen LogP) is 3.31. The molecule has 2 atom stereocenters. The van der Waals surface area contributed by atoms with E-state index in [1.807, 2.05) is 11.8 Å². The number of hydrogen-bond acceptors (Lipinski definition) is 3. The molecular weight excluding hydrogens is 246 g/mol. The third kappa shape index (κ3) is 2.51. The Hall–Kier alpha value is -0.120. The molecule has 2 unspecified atom stereocenters. The number of nitrogens with zero attached hydrogens (tertiary/aromatic N) is 1. The Morgan fingerprint density at radius 1 is 1.29 bits per heavy atom. The summed E-state index contributed by atoms with van der Waals surface area (Å²) in [5.41, 5.74) is 1.58. The SMILES string of the molecule is CN(CC1CSc2ccccc21)C1CCSC1. The summed E-state index contributed by atoms with van der Waals surface area (Å²) in [6.07, 6.45) is 1.38. The minimum Gasteiger partial charge on any atom is -0.302 e. The molecule has 1 fully saturated rings. The van der Waals surface area contributed by atoms with Gasteiger partial charge in [-0.1, -0.05) is 18.2 Å². The van der Waals surface area contributed by atoms with Crippen LogP contribution in [0.2, 0.25) is 0 Å². The lowest BCUT2D eigenvalue weighted by Crippen LogP contribution is -2.35. The van der Waals surface area contributed by atoms with E-state index in [1.54, 1.807) is 5.56 Å². The van der Waals surface area contributed by atoms with E-state index in [0.29, 0.717) is 0 Å². The van der Waals surface area contributed by atoms with Gasteiger partial charge in [-0.25, -0.2) is 0 Å². The fourth-order valence-electron chi connectivity index (χ4n) is 2.75. The van der Waals surface area contributed by atoms with Crippen LogP contribution in [0.15, 0.2) is 29.2 Å². The lowest BCUT2D eigenvalue weighted by molar-refractivity contribution is 0.252. The number of hydrogen-bond donors (Lipinski definition) is 0. The largest absolute Gasteiger partial charge is 0.302 e. The predicted molar refractivity (Wildman–Crippen MR) is 78.3 cm³/mol. The van der Waals surface area contributed by atoms with Crippen LogP contribution in [0, 0.1) is 0 Å². The van der Waals surface area contributed by atoms with Crippen molar-refractivity contribution in [1.82, 2.24) is 4.90 Å². The summed E-state index contributed by atoms with van der Waals surface area (Å²) >= 11 is 4.14. The molecular formula is C14H19NS2. The Labute approximate surface area is 112 Å². The van der Waals surface area contributed by atoms with E-state index in [9.17, 15) is 0 Å². The van der Waals surface area contributed by atoms with Crippen molar-refractivity contribution >= 4 is 23.5 Å². The Kier molecular flexibility index (Phi) is 3.69. The molecule has 0 saturated carbocycles. The normalized spacial score (nSPS) is 27.6. The van der Waals surface area contributed by atoms with Crippen LogP contribution in [0.3, 0.4) is 0 Å². The van der Waals surface area contributed by atoms with Crippen LogP contribution in [-0.2, 0) is 0 Å². The van der Waals surface area contributed by atoms with Gasteiger partial charge in [-0.3, -0.25) is 0 Å². The first-order valence-corrected chi connectivity index (χ1v) is 8.48. The fraction of sp³-hybridized carbons (Fsp3) is 0.571. The standard InChI is InChI=1S/C14H19NS2/c1-15(12-6-7-16-10-12)8-11-9-17-14-5-3-2-4-13(11)14/h2-5,11-12H,6-10H2,1H3. The molecule has 0 amide bonds. The molecule has 92 valence electrons. The Morgan fingerprint density at radius 3 is 3.00 bits per heavy atom. The third-order valence-electron chi connectivity index (χ3n) is 3.84. The van der Waals surface area contributed by atoms with Crippen LogP contribution in [-0.4, -0.2) is 41.8 Å². The second-order valence-corrected chi connectivity index (χ2v) is 7.21. The highest BCUT2D eigenvalue weighted by atomic mass is 32.2. The van der Waals surface area contributed by atoms with Crippen molar-refractivity contribution in [2.45, 2.75) is 23.3 Å². The second-order valence-electron chi connectivity index (χ2n) is 5.00. The van der Waals surface area contributed by atoms with E-state index >= 15 is 0 Å². The molecule has 1 aromatic carbocycles. The van der Waals surface area contributed by atoms with Crippen molar-refractivity contribution in [3.05, 3.63) is 29.8 Å². The van der Waals surface area contributed by atoms with Crippen molar-refractivity contribution < 1.29 is 0 Å². The molecule has 17 heavy (non-hydrogen) atoms. The molecule has 0 aromatic heterocycles. The van der Waals surface area contributed by atoms with Gasteiger partial charge >= 0.3 is 0 Å². The molecule has 0 aliphatic carbocycles. The Bertz CT molecular complexity index is 388. The summed E-state index contributed by atoms with van der Waals surface area (Å²) in [7, 11) is 2.31. The molecule has 0 spiro atoms. The quantitative estimate of drug-likeness (QED) is 0.825. The summed E-state index contributed by atoms with van der Waals surface area (Å²) in [4.78, 5) is 4.10. The maximum Gasteiger partial charge on any atom is 0.0191 e. The van der Waals surface area contributed by atoms with Gasteiger partial charge in [0.25, 0.3) is 0 Å². The summed E-state index contributed by atoms with van der Waals surface area (Å²) in [5.74, 6) is 4.69. The highest BCUT2D eigenvalue weighted by Crippen LogP contribution is 2.40. The van der Waals surface area contributed by atoms with E-state index in [0.717, 1.165) is 12.0 Å². The number of benzene rings is 1. The van der Waals surface area contributed by atoms with Crippen molar-refractivity contribution in [2.24, 2.45) is 0 Å². The molecule has 0 radical (unpaired) electrons. The first-order chi connectivity index (χ1) is 8.34. The maximum absolute atomic E-state index is 2.59. The molecule has 2 heterocycles. The van der Waals surface area contributed by atoms with Gasteiger partial charge in [0.1, 0.15) is 0 Å². The van der Waals surface area contributed by atoms with Crippen LogP contribution >= 0.6 is 23.5 Å². The van der Waals surface area contributed by atoms with E-state index in [4.69, 9.17) is 0 Å². The van der Waals surface area contributed by atoms with Gasteiger partial charge in [0.15, 0.2) is 0 Å². The number of likely N-dealkylation sites (N-methyl/N-ethyl adjacent to an activating group) is 1. The lowest BCUT2D eigenvalue weighted by Gasteiger charge is -2.26. The molecule has 3 heteroatoms. The van der Waals surface area contributed by atoms with Gasteiger partial charge in [-0.15, -0.1) is 11.8 Å². The van der Waals surface area contributed by atoms with Gasteiger partial charge in [-0.2, -0.15) is 11.8 Å².